The van der Waals surface area contributed by atoms with Gasteiger partial charge in [-0.25, -0.2) is 4.98 Å². The molecule has 0 radical (unpaired) electrons. The molecule has 1 aliphatic carbocycles. The van der Waals surface area contributed by atoms with E-state index in [1.54, 1.807) is 11.3 Å². The first-order valence-corrected chi connectivity index (χ1v) is 7.28. The van der Waals surface area contributed by atoms with Crippen molar-refractivity contribution in [2.75, 3.05) is 6.54 Å². The predicted octanol–water partition coefficient (Wildman–Crippen LogP) is 2.40. The second-order valence-electron chi connectivity index (χ2n) is 5.05. The summed E-state index contributed by atoms with van der Waals surface area (Å²) in [4.78, 5) is 5.79. The number of nitrogens with zero attached hydrogens (tertiary/aromatic N) is 1. The standard InChI is InChI=1S/C13H22N2OS/c1-9-13(17-10(2)15-9)8-14-7-11-3-5-12(16)6-4-11/h11-12,14,16H,3-8H2,1-2H3. The minimum absolute atomic E-state index is 0.0439. The molecule has 1 aliphatic rings. The van der Waals surface area contributed by atoms with E-state index >= 15 is 0 Å². The lowest BCUT2D eigenvalue weighted by atomic mass is 9.87. The Morgan fingerprint density at radius 1 is 1.29 bits per heavy atom. The van der Waals surface area contributed by atoms with Gasteiger partial charge in [0.1, 0.15) is 0 Å². The monoisotopic (exact) mass is 254 g/mol. The second-order valence-corrected chi connectivity index (χ2v) is 6.33. The van der Waals surface area contributed by atoms with E-state index in [2.05, 4.69) is 24.1 Å². The Kier molecular flexibility index (Phi) is 4.54. The predicted molar refractivity (Wildman–Crippen MR) is 71.3 cm³/mol. The summed E-state index contributed by atoms with van der Waals surface area (Å²) in [6.07, 6.45) is 4.23. The van der Waals surface area contributed by atoms with Crippen LogP contribution < -0.4 is 5.32 Å². The fraction of sp³-hybridized carbons (Fsp3) is 0.769. The van der Waals surface area contributed by atoms with Crippen molar-refractivity contribution in [3.63, 3.8) is 0 Å². The summed E-state index contributed by atoms with van der Waals surface area (Å²) < 4.78 is 0. The maximum atomic E-state index is 9.44. The van der Waals surface area contributed by atoms with E-state index in [0.717, 1.165) is 49.7 Å². The maximum absolute atomic E-state index is 9.44. The fourth-order valence-corrected chi connectivity index (χ4v) is 3.38. The van der Waals surface area contributed by atoms with Crippen molar-refractivity contribution in [2.45, 2.75) is 52.2 Å². The summed E-state index contributed by atoms with van der Waals surface area (Å²) in [5, 5.41) is 14.1. The first-order valence-electron chi connectivity index (χ1n) is 6.47. The van der Waals surface area contributed by atoms with Crippen LogP contribution in [0.4, 0.5) is 0 Å². The van der Waals surface area contributed by atoms with Crippen LogP contribution in [0.25, 0.3) is 0 Å². The smallest absolute Gasteiger partial charge is 0.0900 e. The normalized spacial score (nSPS) is 25.1. The molecule has 96 valence electrons. The average molecular weight is 254 g/mol. The molecule has 1 saturated carbocycles. The SMILES string of the molecule is Cc1nc(C)c(CNCC2CCC(O)CC2)s1. The molecule has 1 heterocycles. The molecule has 0 bridgehead atoms. The topological polar surface area (TPSA) is 45.2 Å². The van der Waals surface area contributed by atoms with Crippen molar-refractivity contribution in [1.29, 1.82) is 0 Å². The summed E-state index contributed by atoms with van der Waals surface area (Å²) in [5.41, 5.74) is 1.17. The van der Waals surface area contributed by atoms with Gasteiger partial charge in [-0.1, -0.05) is 0 Å². The van der Waals surface area contributed by atoms with E-state index < -0.39 is 0 Å². The van der Waals surface area contributed by atoms with Crippen LogP contribution in [0.2, 0.25) is 0 Å². The van der Waals surface area contributed by atoms with Gasteiger partial charge >= 0.3 is 0 Å². The zero-order valence-corrected chi connectivity index (χ0v) is 11.5. The Hall–Kier alpha value is -0.450. The molecule has 1 fully saturated rings. The van der Waals surface area contributed by atoms with Gasteiger partial charge in [-0.15, -0.1) is 11.3 Å². The Bertz CT molecular complexity index is 356. The molecule has 1 aromatic heterocycles. The lowest BCUT2D eigenvalue weighted by molar-refractivity contribution is 0.108. The number of rotatable bonds is 4. The van der Waals surface area contributed by atoms with Crippen LogP contribution in [0.3, 0.4) is 0 Å². The lowest BCUT2D eigenvalue weighted by Gasteiger charge is -2.25. The first kappa shape index (κ1) is 13.0. The Morgan fingerprint density at radius 2 is 2.00 bits per heavy atom. The van der Waals surface area contributed by atoms with E-state index in [4.69, 9.17) is 0 Å². The summed E-state index contributed by atoms with van der Waals surface area (Å²) in [5.74, 6) is 0.743. The summed E-state index contributed by atoms with van der Waals surface area (Å²) in [6, 6.07) is 0. The molecule has 1 aromatic rings. The Labute approximate surface area is 107 Å². The van der Waals surface area contributed by atoms with Crippen molar-refractivity contribution in [3.05, 3.63) is 15.6 Å². The minimum Gasteiger partial charge on any atom is -0.393 e. The average Bonchev–Trinajstić information content (AvgIpc) is 2.60. The van der Waals surface area contributed by atoms with Crippen LogP contribution in [-0.2, 0) is 6.54 Å². The van der Waals surface area contributed by atoms with Crippen LogP contribution >= 0.6 is 11.3 Å². The van der Waals surface area contributed by atoms with Crippen molar-refractivity contribution in [2.24, 2.45) is 5.92 Å². The van der Waals surface area contributed by atoms with E-state index in [1.807, 2.05) is 0 Å². The van der Waals surface area contributed by atoms with Gasteiger partial charge in [-0.05, 0) is 52.0 Å². The van der Waals surface area contributed by atoms with Gasteiger partial charge < -0.3 is 10.4 Å². The van der Waals surface area contributed by atoms with E-state index in [-0.39, 0.29) is 6.10 Å². The lowest BCUT2D eigenvalue weighted by Crippen LogP contribution is -2.27. The molecule has 0 atom stereocenters. The number of aliphatic hydroxyl groups is 1. The number of aryl methyl sites for hydroxylation is 2. The molecule has 0 aromatic carbocycles. The quantitative estimate of drug-likeness (QED) is 0.867. The van der Waals surface area contributed by atoms with Crippen molar-refractivity contribution in [1.82, 2.24) is 10.3 Å². The zero-order valence-electron chi connectivity index (χ0n) is 10.7. The second kappa shape index (κ2) is 5.94. The molecule has 3 nitrogen and oxygen atoms in total. The third-order valence-corrected chi connectivity index (χ3v) is 4.61. The van der Waals surface area contributed by atoms with Crippen molar-refractivity contribution >= 4 is 11.3 Å². The highest BCUT2D eigenvalue weighted by atomic mass is 32.1. The van der Waals surface area contributed by atoms with Gasteiger partial charge in [-0.2, -0.15) is 0 Å². The highest BCUT2D eigenvalue weighted by Gasteiger charge is 2.18. The van der Waals surface area contributed by atoms with Gasteiger partial charge in [0, 0.05) is 11.4 Å². The van der Waals surface area contributed by atoms with E-state index in [9.17, 15) is 5.11 Å². The van der Waals surface area contributed by atoms with Crippen molar-refractivity contribution in [3.8, 4) is 0 Å². The van der Waals surface area contributed by atoms with Gasteiger partial charge in [0.05, 0.1) is 16.8 Å². The molecular formula is C13H22N2OS. The summed E-state index contributed by atoms with van der Waals surface area (Å²) in [7, 11) is 0. The van der Waals surface area contributed by atoms with Gasteiger partial charge in [0.15, 0.2) is 0 Å². The van der Waals surface area contributed by atoms with E-state index in [1.165, 1.54) is 10.6 Å². The zero-order chi connectivity index (χ0) is 12.3. The molecule has 0 spiro atoms. The molecule has 0 aliphatic heterocycles. The van der Waals surface area contributed by atoms with Gasteiger partial charge in [0.25, 0.3) is 0 Å². The van der Waals surface area contributed by atoms with Crippen LogP contribution in [-0.4, -0.2) is 22.7 Å². The molecule has 2 rings (SSSR count). The van der Waals surface area contributed by atoms with Crippen molar-refractivity contribution < 1.29 is 5.11 Å². The van der Waals surface area contributed by atoms with Gasteiger partial charge in [-0.3, -0.25) is 0 Å². The molecule has 0 unspecified atom stereocenters. The number of aromatic nitrogens is 1. The highest BCUT2D eigenvalue weighted by molar-refractivity contribution is 7.11. The first-order chi connectivity index (χ1) is 8.15. The fourth-order valence-electron chi connectivity index (χ4n) is 2.48. The summed E-state index contributed by atoms with van der Waals surface area (Å²) >= 11 is 1.79. The molecule has 0 saturated heterocycles. The third kappa shape index (κ3) is 3.76. The molecule has 17 heavy (non-hydrogen) atoms. The largest absolute Gasteiger partial charge is 0.393 e. The summed E-state index contributed by atoms with van der Waals surface area (Å²) in [6.45, 7) is 6.15. The Balaban J connectivity index is 1.71. The maximum Gasteiger partial charge on any atom is 0.0900 e. The highest BCUT2D eigenvalue weighted by Crippen LogP contribution is 2.24. The van der Waals surface area contributed by atoms with Crippen LogP contribution in [0.1, 0.15) is 41.3 Å². The number of hydrogen-bond donors (Lipinski definition) is 2. The molecule has 2 N–H and O–H groups in total. The molecule has 4 heteroatoms. The number of nitrogens with one attached hydrogen (secondary N) is 1. The van der Waals surface area contributed by atoms with Crippen LogP contribution in [0.15, 0.2) is 0 Å². The molecule has 0 amide bonds. The number of aliphatic hydroxyl groups excluding tert-OH is 1. The third-order valence-electron chi connectivity index (χ3n) is 3.53. The minimum atomic E-state index is -0.0439. The van der Waals surface area contributed by atoms with Crippen LogP contribution in [0.5, 0.6) is 0 Å². The molecular weight excluding hydrogens is 232 g/mol. The van der Waals surface area contributed by atoms with E-state index in [0.29, 0.717) is 0 Å². The van der Waals surface area contributed by atoms with Crippen LogP contribution in [0, 0.1) is 19.8 Å². The Morgan fingerprint density at radius 3 is 2.59 bits per heavy atom. The number of thiazole rings is 1. The number of hydrogen-bond acceptors (Lipinski definition) is 4. The van der Waals surface area contributed by atoms with Gasteiger partial charge in [0.2, 0.25) is 0 Å².